The third-order valence-corrected chi connectivity index (χ3v) is 2.52. The third kappa shape index (κ3) is 1.91. The van der Waals surface area contributed by atoms with Crippen molar-refractivity contribution in [2.75, 3.05) is 20.8 Å². The van der Waals surface area contributed by atoms with Crippen LogP contribution in [0.5, 0.6) is 11.5 Å². The van der Waals surface area contributed by atoms with Gasteiger partial charge in [-0.05, 0) is 6.07 Å². The smallest absolute Gasteiger partial charge is 0.165 e. The Kier molecular flexibility index (Phi) is 3.08. The standard InChI is InChI=1S/C11H15NO3/c1-13-10-5-3-4-8-9(12-14-2)6-7-15-11(8)10/h3-5,9,12H,6-7H2,1-2H3. The number of methoxy groups -OCH3 is 1. The lowest BCUT2D eigenvalue weighted by Crippen LogP contribution is -2.26. The van der Waals surface area contributed by atoms with Crippen LogP contribution in [-0.2, 0) is 4.84 Å². The fraction of sp³-hybridized carbons (Fsp3) is 0.455. The molecule has 1 heterocycles. The molecule has 1 unspecified atom stereocenters. The predicted molar refractivity (Wildman–Crippen MR) is 56.0 cm³/mol. The average molecular weight is 209 g/mol. The topological polar surface area (TPSA) is 39.7 Å². The maximum atomic E-state index is 5.60. The Morgan fingerprint density at radius 1 is 1.40 bits per heavy atom. The first-order chi connectivity index (χ1) is 7.36. The highest BCUT2D eigenvalue weighted by Crippen LogP contribution is 2.38. The summed E-state index contributed by atoms with van der Waals surface area (Å²) in [6.07, 6.45) is 0.897. The zero-order valence-electron chi connectivity index (χ0n) is 8.95. The van der Waals surface area contributed by atoms with Crippen LogP contribution in [0.1, 0.15) is 18.0 Å². The highest BCUT2D eigenvalue weighted by molar-refractivity contribution is 5.48. The summed E-state index contributed by atoms with van der Waals surface area (Å²) in [4.78, 5) is 4.97. The van der Waals surface area contributed by atoms with Crippen molar-refractivity contribution >= 4 is 0 Å². The highest BCUT2D eigenvalue weighted by atomic mass is 16.6. The van der Waals surface area contributed by atoms with Crippen molar-refractivity contribution in [3.63, 3.8) is 0 Å². The minimum absolute atomic E-state index is 0.175. The molecular formula is C11H15NO3. The van der Waals surface area contributed by atoms with Gasteiger partial charge < -0.3 is 14.3 Å². The molecule has 0 amide bonds. The molecule has 15 heavy (non-hydrogen) atoms. The Morgan fingerprint density at radius 2 is 2.27 bits per heavy atom. The van der Waals surface area contributed by atoms with Gasteiger partial charge in [0.2, 0.25) is 0 Å². The highest BCUT2D eigenvalue weighted by Gasteiger charge is 2.23. The summed E-state index contributed by atoms with van der Waals surface area (Å²) in [5, 5.41) is 0. The first-order valence-corrected chi connectivity index (χ1v) is 4.95. The second-order valence-corrected chi connectivity index (χ2v) is 3.39. The Labute approximate surface area is 89.1 Å². The lowest BCUT2D eigenvalue weighted by Gasteiger charge is -2.26. The molecule has 1 N–H and O–H groups in total. The molecule has 0 saturated heterocycles. The molecule has 0 aromatic heterocycles. The van der Waals surface area contributed by atoms with Crippen molar-refractivity contribution in [2.45, 2.75) is 12.5 Å². The Hall–Kier alpha value is -1.26. The number of ether oxygens (including phenoxy) is 2. The van der Waals surface area contributed by atoms with Crippen LogP contribution in [-0.4, -0.2) is 20.8 Å². The second-order valence-electron chi connectivity index (χ2n) is 3.39. The molecule has 1 atom stereocenters. The zero-order valence-corrected chi connectivity index (χ0v) is 8.95. The number of para-hydroxylation sites is 1. The van der Waals surface area contributed by atoms with Crippen LogP contribution in [0.2, 0.25) is 0 Å². The summed E-state index contributed by atoms with van der Waals surface area (Å²) in [5.41, 5.74) is 4.04. The van der Waals surface area contributed by atoms with E-state index in [1.807, 2.05) is 18.2 Å². The maximum absolute atomic E-state index is 5.60. The number of fused-ring (bicyclic) bond motifs is 1. The van der Waals surface area contributed by atoms with E-state index in [0.717, 1.165) is 23.5 Å². The van der Waals surface area contributed by atoms with E-state index in [2.05, 4.69) is 5.48 Å². The molecule has 0 bridgehead atoms. The summed E-state index contributed by atoms with van der Waals surface area (Å²) >= 11 is 0. The zero-order chi connectivity index (χ0) is 10.7. The molecule has 2 rings (SSSR count). The van der Waals surface area contributed by atoms with Gasteiger partial charge in [-0.2, -0.15) is 5.48 Å². The average Bonchev–Trinajstić information content (AvgIpc) is 2.29. The van der Waals surface area contributed by atoms with E-state index in [4.69, 9.17) is 14.3 Å². The molecule has 1 aromatic carbocycles. The summed E-state index contributed by atoms with van der Waals surface area (Å²) in [6, 6.07) is 6.05. The molecule has 1 aliphatic heterocycles. The third-order valence-electron chi connectivity index (χ3n) is 2.52. The first kappa shape index (κ1) is 10.3. The normalized spacial score (nSPS) is 19.2. The number of hydrogen-bond donors (Lipinski definition) is 1. The number of nitrogens with one attached hydrogen (secondary N) is 1. The van der Waals surface area contributed by atoms with E-state index in [0.29, 0.717) is 6.61 Å². The van der Waals surface area contributed by atoms with Crippen LogP contribution in [0.25, 0.3) is 0 Å². The molecule has 0 saturated carbocycles. The Balaban J connectivity index is 2.35. The molecule has 0 spiro atoms. The van der Waals surface area contributed by atoms with E-state index in [1.54, 1.807) is 14.2 Å². The van der Waals surface area contributed by atoms with E-state index in [1.165, 1.54) is 0 Å². The van der Waals surface area contributed by atoms with Gasteiger partial charge in [-0.1, -0.05) is 12.1 Å². The minimum Gasteiger partial charge on any atom is -0.493 e. The van der Waals surface area contributed by atoms with E-state index in [9.17, 15) is 0 Å². The molecule has 1 aliphatic rings. The van der Waals surface area contributed by atoms with Crippen molar-refractivity contribution in [2.24, 2.45) is 0 Å². The Bertz CT molecular complexity index is 341. The molecule has 4 nitrogen and oxygen atoms in total. The number of hydroxylamine groups is 1. The van der Waals surface area contributed by atoms with Crippen molar-refractivity contribution in [3.8, 4) is 11.5 Å². The summed E-state index contributed by atoms with van der Waals surface area (Å²) in [7, 11) is 3.27. The van der Waals surface area contributed by atoms with Crippen LogP contribution in [0.15, 0.2) is 18.2 Å². The molecule has 0 radical (unpaired) electrons. The largest absolute Gasteiger partial charge is 0.493 e. The van der Waals surface area contributed by atoms with Crippen molar-refractivity contribution in [1.29, 1.82) is 0 Å². The molecule has 82 valence electrons. The second kappa shape index (κ2) is 4.51. The van der Waals surface area contributed by atoms with E-state index in [-0.39, 0.29) is 6.04 Å². The van der Waals surface area contributed by atoms with E-state index < -0.39 is 0 Å². The van der Waals surface area contributed by atoms with Gasteiger partial charge in [-0.3, -0.25) is 0 Å². The fourth-order valence-electron chi connectivity index (χ4n) is 1.82. The number of benzene rings is 1. The summed E-state index contributed by atoms with van der Waals surface area (Å²) in [6.45, 7) is 0.675. The van der Waals surface area contributed by atoms with Gasteiger partial charge in [0.05, 0.1) is 26.9 Å². The SMILES string of the molecule is CONC1CCOc2c(OC)cccc21. The first-order valence-electron chi connectivity index (χ1n) is 4.95. The molecule has 1 aromatic rings. The predicted octanol–water partition coefficient (Wildman–Crippen LogP) is 1.67. The van der Waals surface area contributed by atoms with Gasteiger partial charge in [0.1, 0.15) is 0 Å². The lowest BCUT2D eigenvalue weighted by molar-refractivity contribution is 0.0458. The van der Waals surface area contributed by atoms with Gasteiger partial charge in [-0.25, -0.2) is 0 Å². The van der Waals surface area contributed by atoms with Crippen molar-refractivity contribution in [3.05, 3.63) is 23.8 Å². The minimum atomic E-state index is 0.175. The van der Waals surface area contributed by atoms with E-state index >= 15 is 0 Å². The van der Waals surface area contributed by atoms with Crippen LogP contribution >= 0.6 is 0 Å². The number of rotatable bonds is 3. The number of hydrogen-bond acceptors (Lipinski definition) is 4. The van der Waals surface area contributed by atoms with Crippen LogP contribution < -0.4 is 15.0 Å². The monoisotopic (exact) mass is 209 g/mol. The van der Waals surface area contributed by atoms with Gasteiger partial charge in [-0.15, -0.1) is 0 Å². The van der Waals surface area contributed by atoms with Gasteiger partial charge in [0.25, 0.3) is 0 Å². The van der Waals surface area contributed by atoms with Gasteiger partial charge in [0, 0.05) is 12.0 Å². The van der Waals surface area contributed by atoms with Crippen LogP contribution in [0.3, 0.4) is 0 Å². The quantitative estimate of drug-likeness (QED) is 0.769. The molecule has 0 aliphatic carbocycles. The molecule has 0 fully saturated rings. The summed E-state index contributed by atoms with van der Waals surface area (Å²) < 4.78 is 10.8. The molecular weight excluding hydrogens is 194 g/mol. The maximum Gasteiger partial charge on any atom is 0.165 e. The lowest BCUT2D eigenvalue weighted by atomic mass is 10.0. The van der Waals surface area contributed by atoms with Crippen LogP contribution in [0, 0.1) is 0 Å². The Morgan fingerprint density at radius 3 is 3.00 bits per heavy atom. The van der Waals surface area contributed by atoms with Crippen molar-refractivity contribution in [1.82, 2.24) is 5.48 Å². The van der Waals surface area contributed by atoms with Gasteiger partial charge in [0.15, 0.2) is 11.5 Å². The fourth-order valence-corrected chi connectivity index (χ4v) is 1.82. The van der Waals surface area contributed by atoms with Gasteiger partial charge >= 0.3 is 0 Å². The van der Waals surface area contributed by atoms with Crippen LogP contribution in [0.4, 0.5) is 0 Å². The summed E-state index contributed by atoms with van der Waals surface area (Å²) in [5.74, 6) is 1.59. The molecule has 4 heteroatoms. The van der Waals surface area contributed by atoms with Crippen molar-refractivity contribution < 1.29 is 14.3 Å².